The molecule has 1 aromatic heterocycles. The van der Waals surface area contributed by atoms with Gasteiger partial charge in [-0.15, -0.1) is 0 Å². The summed E-state index contributed by atoms with van der Waals surface area (Å²) >= 11 is 5.95. The fraction of sp³-hybridized carbons (Fsp3) is 0.400. The zero-order chi connectivity index (χ0) is 17.6. The summed E-state index contributed by atoms with van der Waals surface area (Å²) in [4.78, 5) is 30.9. The van der Waals surface area contributed by atoms with Gasteiger partial charge in [-0.3, -0.25) is 14.3 Å². The van der Waals surface area contributed by atoms with Crippen molar-refractivity contribution in [1.29, 1.82) is 0 Å². The Balaban J connectivity index is 2.11. The number of ketones is 1. The third-order valence-electron chi connectivity index (χ3n) is 4.29. The molecular formula is C15H19ClN6O2. The topological polar surface area (TPSA) is 112 Å². The molecule has 0 radical (unpaired) electrons. The first-order chi connectivity index (χ1) is 11.3. The van der Waals surface area contributed by atoms with Crippen molar-refractivity contribution < 1.29 is 4.79 Å². The number of fused-ring (bicyclic) bond motifs is 1. The molecule has 0 saturated carbocycles. The van der Waals surface area contributed by atoms with Gasteiger partial charge in [0.2, 0.25) is 5.78 Å². The molecule has 0 fully saturated rings. The number of aromatic nitrogens is 2. The van der Waals surface area contributed by atoms with Gasteiger partial charge in [0, 0.05) is 18.7 Å². The fourth-order valence-electron chi connectivity index (χ4n) is 2.77. The molecule has 4 N–H and O–H groups in total. The Hall–Kier alpha value is -2.32. The number of nitrogen functional groups attached to an aromatic ring is 1. The van der Waals surface area contributed by atoms with E-state index in [-0.39, 0.29) is 39.3 Å². The summed E-state index contributed by atoms with van der Waals surface area (Å²) in [6, 6.07) is 0. The minimum atomic E-state index is -0.339. The molecule has 2 aliphatic rings. The second-order valence-corrected chi connectivity index (χ2v) is 6.35. The van der Waals surface area contributed by atoms with E-state index >= 15 is 0 Å². The molecule has 1 aliphatic heterocycles. The van der Waals surface area contributed by atoms with Gasteiger partial charge in [-0.05, 0) is 20.0 Å². The van der Waals surface area contributed by atoms with Crippen LogP contribution in [0.4, 0.5) is 11.5 Å². The fourth-order valence-corrected chi connectivity index (χ4v) is 3.02. The molecule has 0 spiro atoms. The lowest BCUT2D eigenvalue weighted by Crippen LogP contribution is -2.25. The molecule has 0 atom stereocenters. The van der Waals surface area contributed by atoms with Crippen LogP contribution in [0, 0.1) is 0 Å². The zero-order valence-corrected chi connectivity index (χ0v) is 14.3. The number of hydrogen-bond acceptors (Lipinski definition) is 6. The molecule has 0 amide bonds. The van der Waals surface area contributed by atoms with Crippen LogP contribution in [0.25, 0.3) is 0 Å². The van der Waals surface area contributed by atoms with E-state index < -0.39 is 0 Å². The Kier molecular flexibility index (Phi) is 4.10. The van der Waals surface area contributed by atoms with E-state index in [2.05, 4.69) is 9.89 Å². The third-order valence-corrected chi connectivity index (χ3v) is 4.67. The van der Waals surface area contributed by atoms with E-state index in [1.165, 1.54) is 6.08 Å². The normalized spacial score (nSPS) is 21.0. The van der Waals surface area contributed by atoms with E-state index in [0.29, 0.717) is 18.7 Å². The average molecular weight is 351 g/mol. The van der Waals surface area contributed by atoms with Crippen molar-refractivity contribution in [3.05, 3.63) is 32.7 Å². The van der Waals surface area contributed by atoms with Gasteiger partial charge >= 0.3 is 0 Å². The number of allylic oxidation sites excluding steroid dienone is 3. The molecule has 8 nitrogen and oxygen atoms in total. The molecule has 128 valence electrons. The highest BCUT2D eigenvalue weighted by atomic mass is 35.5. The van der Waals surface area contributed by atoms with Gasteiger partial charge in [0.15, 0.2) is 11.5 Å². The number of anilines is 1. The highest BCUT2D eigenvalue weighted by molar-refractivity contribution is 6.49. The van der Waals surface area contributed by atoms with Crippen LogP contribution in [0.15, 0.2) is 32.2 Å². The average Bonchev–Trinajstić information content (AvgIpc) is 2.69. The monoisotopic (exact) mass is 350 g/mol. The molecular weight excluding hydrogens is 332 g/mol. The number of carbonyl (C=O) groups excluding carboxylic acids is 1. The molecule has 0 aromatic carbocycles. The predicted molar refractivity (Wildman–Crippen MR) is 93.5 cm³/mol. The van der Waals surface area contributed by atoms with E-state index in [0.717, 1.165) is 13.1 Å². The van der Waals surface area contributed by atoms with Gasteiger partial charge < -0.3 is 16.4 Å². The molecule has 3 rings (SSSR count). The number of nitrogens with zero attached hydrogens (tertiary/aromatic N) is 4. The lowest BCUT2D eigenvalue weighted by Gasteiger charge is -2.12. The van der Waals surface area contributed by atoms with Gasteiger partial charge in [-0.25, -0.2) is 9.67 Å². The lowest BCUT2D eigenvalue weighted by atomic mass is 10.0. The number of aliphatic imine (C=N–C) groups is 1. The number of rotatable bonds is 1. The van der Waals surface area contributed by atoms with Crippen molar-refractivity contribution in [3.8, 4) is 0 Å². The molecule has 2 heterocycles. The minimum Gasteiger partial charge on any atom is -0.396 e. The number of hydrogen-bond donors (Lipinski definition) is 2. The molecule has 9 heteroatoms. The first-order valence-corrected chi connectivity index (χ1v) is 7.94. The Bertz CT molecular complexity index is 873. The molecule has 0 bridgehead atoms. The number of carbonyl (C=O) groups is 1. The van der Waals surface area contributed by atoms with Crippen LogP contribution in [0.5, 0.6) is 0 Å². The van der Waals surface area contributed by atoms with Crippen molar-refractivity contribution in [2.75, 3.05) is 25.9 Å². The summed E-state index contributed by atoms with van der Waals surface area (Å²) in [7, 11) is 1.99. The highest BCUT2D eigenvalue weighted by Gasteiger charge is 2.25. The van der Waals surface area contributed by atoms with Crippen molar-refractivity contribution in [2.24, 2.45) is 10.7 Å². The van der Waals surface area contributed by atoms with Crippen molar-refractivity contribution in [1.82, 2.24) is 14.3 Å². The Labute approximate surface area is 143 Å². The van der Waals surface area contributed by atoms with Crippen molar-refractivity contribution in [3.63, 3.8) is 0 Å². The van der Waals surface area contributed by atoms with E-state index in [4.69, 9.17) is 23.1 Å². The molecule has 0 unspecified atom stereocenters. The van der Waals surface area contributed by atoms with Gasteiger partial charge in [0.1, 0.15) is 5.03 Å². The van der Waals surface area contributed by atoms with Crippen LogP contribution in [0.2, 0.25) is 0 Å². The first kappa shape index (κ1) is 16.5. The zero-order valence-electron chi connectivity index (χ0n) is 13.5. The summed E-state index contributed by atoms with van der Waals surface area (Å²) in [5.41, 5.74) is 12.6. The Morgan fingerprint density at radius 1 is 1.12 bits per heavy atom. The third kappa shape index (κ3) is 2.57. The largest absolute Gasteiger partial charge is 0.396 e. The van der Waals surface area contributed by atoms with Crippen LogP contribution >= 0.6 is 11.6 Å². The maximum atomic E-state index is 12.7. The smallest absolute Gasteiger partial charge is 0.294 e. The second-order valence-electron chi connectivity index (χ2n) is 5.97. The summed E-state index contributed by atoms with van der Waals surface area (Å²) < 4.78 is 3.32. The molecule has 0 saturated heterocycles. The minimum absolute atomic E-state index is 0.0530. The van der Waals surface area contributed by atoms with E-state index in [9.17, 15) is 9.59 Å². The molecule has 1 aliphatic carbocycles. The predicted octanol–water partition coefficient (Wildman–Crippen LogP) is 0.188. The maximum absolute atomic E-state index is 12.7. The van der Waals surface area contributed by atoms with Gasteiger partial charge in [0.05, 0.1) is 24.5 Å². The van der Waals surface area contributed by atoms with Crippen LogP contribution in [-0.4, -0.2) is 45.9 Å². The molecule has 1 aromatic rings. The van der Waals surface area contributed by atoms with Gasteiger partial charge in [-0.1, -0.05) is 11.6 Å². The second kappa shape index (κ2) is 5.95. The number of halogens is 1. The van der Waals surface area contributed by atoms with Crippen molar-refractivity contribution >= 4 is 34.6 Å². The molecule has 24 heavy (non-hydrogen) atoms. The summed E-state index contributed by atoms with van der Waals surface area (Å²) in [5.74, 6) is -0.0526. The van der Waals surface area contributed by atoms with E-state index in [1.54, 1.807) is 16.3 Å². The maximum Gasteiger partial charge on any atom is 0.294 e. The number of Topliss-reactive ketones (excluding diaryl/α,β-unsaturated/α-hetero) is 1. The van der Waals surface area contributed by atoms with Crippen LogP contribution in [-0.2, 0) is 17.9 Å². The SMILES string of the molecule is CC1=C/C(=N\c2c(N)n3n(c2=O)CCN(C)CC3)C(N)=C(Cl)C1=O. The Morgan fingerprint density at radius 3 is 2.42 bits per heavy atom. The highest BCUT2D eigenvalue weighted by Crippen LogP contribution is 2.25. The standard InChI is InChI=1S/C15H19ClN6O2/c1-8-7-9(11(17)10(16)13(8)23)19-12-14(18)21-5-3-20(2)4-6-22(21)15(12)24/h7H,3-6,17-18H2,1-2H3/b19-9+. The Morgan fingerprint density at radius 2 is 1.75 bits per heavy atom. The van der Waals surface area contributed by atoms with E-state index in [1.807, 2.05) is 7.05 Å². The van der Waals surface area contributed by atoms with Crippen LogP contribution in [0.3, 0.4) is 0 Å². The van der Waals surface area contributed by atoms with Gasteiger partial charge in [-0.2, -0.15) is 0 Å². The summed E-state index contributed by atoms with van der Waals surface area (Å²) in [6.07, 6.45) is 1.52. The van der Waals surface area contributed by atoms with Crippen molar-refractivity contribution in [2.45, 2.75) is 20.0 Å². The lowest BCUT2D eigenvalue weighted by molar-refractivity contribution is -0.111. The number of likely N-dealkylation sites (N-methyl/N-ethyl adjacent to an activating group) is 1. The quantitative estimate of drug-likeness (QED) is 0.702. The summed E-state index contributed by atoms with van der Waals surface area (Å²) in [5, 5.41) is -0.0881. The number of nitrogens with two attached hydrogens (primary N) is 2. The van der Waals surface area contributed by atoms with Crippen LogP contribution in [0.1, 0.15) is 6.92 Å². The first-order valence-electron chi connectivity index (χ1n) is 7.56. The van der Waals surface area contributed by atoms with Crippen LogP contribution < -0.4 is 17.0 Å². The summed E-state index contributed by atoms with van der Waals surface area (Å²) in [6.45, 7) is 4.29. The van der Waals surface area contributed by atoms with Gasteiger partial charge in [0.25, 0.3) is 5.56 Å².